The van der Waals surface area contributed by atoms with Crippen molar-refractivity contribution >= 4 is 33.7 Å². The Hall–Kier alpha value is -1.60. The van der Waals surface area contributed by atoms with Crippen LogP contribution in [0.4, 0.5) is 10.7 Å². The Morgan fingerprint density at radius 1 is 1.48 bits per heavy atom. The number of hydrogen-bond acceptors (Lipinski definition) is 6. The fourth-order valence-electron chi connectivity index (χ4n) is 2.13. The third-order valence-corrected chi connectivity index (χ3v) is 4.52. The van der Waals surface area contributed by atoms with Crippen LogP contribution >= 0.6 is 11.3 Å². The number of ketones is 1. The molecular formula is C14H21N3O3S. The molecule has 1 atom stereocenters. The van der Waals surface area contributed by atoms with Crippen LogP contribution in [0.2, 0.25) is 0 Å². The van der Waals surface area contributed by atoms with Crippen molar-refractivity contribution in [2.24, 2.45) is 5.92 Å². The summed E-state index contributed by atoms with van der Waals surface area (Å²) in [7, 11) is 3.16. The van der Waals surface area contributed by atoms with Crippen molar-refractivity contribution in [2.45, 2.75) is 25.8 Å². The summed E-state index contributed by atoms with van der Waals surface area (Å²) in [6, 6.07) is 0.0142. The number of nitrogens with two attached hydrogens (primary N) is 1. The largest absolute Gasteiger partial charge is 0.397 e. The fraction of sp³-hybridized carbons (Fsp3) is 0.571. The van der Waals surface area contributed by atoms with Crippen LogP contribution in [0, 0.1) is 5.92 Å². The van der Waals surface area contributed by atoms with Crippen molar-refractivity contribution in [2.75, 3.05) is 31.8 Å². The average molecular weight is 311 g/mol. The molecule has 0 aliphatic heterocycles. The Kier molecular flexibility index (Phi) is 4.84. The van der Waals surface area contributed by atoms with Gasteiger partial charge in [0.05, 0.1) is 22.7 Å². The number of methoxy groups -OCH3 is 1. The third-order valence-electron chi connectivity index (χ3n) is 3.37. The van der Waals surface area contributed by atoms with Crippen molar-refractivity contribution in [3.63, 3.8) is 0 Å². The van der Waals surface area contributed by atoms with Gasteiger partial charge in [-0.1, -0.05) is 0 Å². The monoisotopic (exact) mass is 311 g/mol. The predicted molar refractivity (Wildman–Crippen MR) is 84.1 cm³/mol. The first-order valence-corrected chi connectivity index (χ1v) is 7.75. The quantitative estimate of drug-likeness (QED) is 0.667. The van der Waals surface area contributed by atoms with Gasteiger partial charge in [0, 0.05) is 26.1 Å². The van der Waals surface area contributed by atoms with E-state index in [0.29, 0.717) is 22.0 Å². The van der Waals surface area contributed by atoms with Gasteiger partial charge in [0.15, 0.2) is 5.78 Å². The first-order chi connectivity index (χ1) is 9.99. The summed E-state index contributed by atoms with van der Waals surface area (Å²) < 4.78 is 5.08. The zero-order valence-corrected chi connectivity index (χ0v) is 13.3. The molecule has 1 aliphatic carbocycles. The number of carbonyl (C=O) groups is 2. The second-order valence-corrected chi connectivity index (χ2v) is 6.29. The maximum atomic E-state index is 12.3. The molecule has 1 unspecified atom stereocenters. The molecule has 7 heteroatoms. The predicted octanol–water partition coefficient (Wildman–Crippen LogP) is 1.73. The number of ether oxygens (including phenoxy) is 1. The molecule has 1 saturated carbocycles. The Labute approximate surface area is 128 Å². The van der Waals surface area contributed by atoms with E-state index in [1.165, 1.54) is 11.3 Å². The zero-order valence-electron chi connectivity index (χ0n) is 12.5. The fourth-order valence-corrected chi connectivity index (χ4v) is 3.37. The van der Waals surface area contributed by atoms with E-state index in [1.54, 1.807) is 14.2 Å². The average Bonchev–Trinajstić information content (AvgIpc) is 3.23. The highest BCUT2D eigenvalue weighted by atomic mass is 32.1. The van der Waals surface area contributed by atoms with E-state index >= 15 is 0 Å². The molecule has 6 nitrogen and oxygen atoms in total. The number of thiophene rings is 1. The van der Waals surface area contributed by atoms with E-state index in [-0.39, 0.29) is 29.3 Å². The minimum atomic E-state index is -0.286. The summed E-state index contributed by atoms with van der Waals surface area (Å²) >= 11 is 1.26. The molecule has 21 heavy (non-hydrogen) atoms. The molecule has 1 heterocycles. The van der Waals surface area contributed by atoms with Gasteiger partial charge in [-0.05, 0) is 19.8 Å². The summed E-state index contributed by atoms with van der Waals surface area (Å²) in [5.74, 6) is -0.159. The number of nitrogen functional groups attached to an aromatic ring is 1. The second-order valence-electron chi connectivity index (χ2n) is 5.27. The van der Waals surface area contributed by atoms with Crippen LogP contribution in [0.5, 0.6) is 0 Å². The minimum absolute atomic E-state index is 0.0142. The van der Waals surface area contributed by atoms with E-state index in [0.717, 1.165) is 12.8 Å². The van der Waals surface area contributed by atoms with Gasteiger partial charge in [-0.2, -0.15) is 0 Å². The Morgan fingerprint density at radius 2 is 2.14 bits per heavy atom. The number of nitrogens with one attached hydrogen (secondary N) is 2. The summed E-state index contributed by atoms with van der Waals surface area (Å²) in [5.41, 5.74) is 6.69. The Morgan fingerprint density at radius 3 is 2.67 bits per heavy atom. The zero-order chi connectivity index (χ0) is 15.6. The summed E-state index contributed by atoms with van der Waals surface area (Å²) in [5, 5.41) is 6.40. The van der Waals surface area contributed by atoms with Crippen molar-refractivity contribution in [1.29, 1.82) is 0 Å². The van der Waals surface area contributed by atoms with Gasteiger partial charge >= 0.3 is 0 Å². The van der Waals surface area contributed by atoms with Gasteiger partial charge in [-0.25, -0.2) is 0 Å². The number of amides is 1. The van der Waals surface area contributed by atoms with Crippen molar-refractivity contribution in [1.82, 2.24) is 5.32 Å². The van der Waals surface area contributed by atoms with Gasteiger partial charge in [-0.3, -0.25) is 9.59 Å². The van der Waals surface area contributed by atoms with Gasteiger partial charge in [0.1, 0.15) is 5.00 Å². The summed E-state index contributed by atoms with van der Waals surface area (Å²) in [4.78, 5) is 24.8. The smallest absolute Gasteiger partial charge is 0.256 e. The van der Waals surface area contributed by atoms with Gasteiger partial charge in [0.2, 0.25) is 0 Å². The van der Waals surface area contributed by atoms with Gasteiger partial charge in [-0.15, -0.1) is 11.3 Å². The highest BCUT2D eigenvalue weighted by Crippen LogP contribution is 2.41. The van der Waals surface area contributed by atoms with Crippen LogP contribution in [0.3, 0.4) is 0 Å². The molecule has 1 aliphatic rings. The highest BCUT2D eigenvalue weighted by Gasteiger charge is 2.35. The molecular weight excluding hydrogens is 290 g/mol. The van der Waals surface area contributed by atoms with Crippen molar-refractivity contribution < 1.29 is 14.3 Å². The molecule has 0 radical (unpaired) electrons. The standard InChI is InChI=1S/C14H21N3O3S/c1-7(6-20-3)17-14-9(13(19)16-2)10(15)12(21-14)11(18)8-4-5-8/h7-8,17H,4-6,15H2,1-3H3,(H,16,19). The van der Waals surface area contributed by atoms with E-state index in [2.05, 4.69) is 10.6 Å². The summed E-state index contributed by atoms with van der Waals surface area (Å²) in [6.45, 7) is 2.44. The maximum Gasteiger partial charge on any atom is 0.256 e. The number of rotatable bonds is 7. The number of hydrogen-bond donors (Lipinski definition) is 3. The number of carbonyl (C=O) groups excluding carboxylic acids is 2. The van der Waals surface area contributed by atoms with Crippen LogP contribution < -0.4 is 16.4 Å². The maximum absolute atomic E-state index is 12.3. The highest BCUT2D eigenvalue weighted by molar-refractivity contribution is 7.19. The van der Waals surface area contributed by atoms with Crippen LogP contribution in [0.1, 0.15) is 39.8 Å². The first-order valence-electron chi connectivity index (χ1n) is 6.93. The van der Waals surface area contributed by atoms with Crippen LogP contribution in [0.25, 0.3) is 0 Å². The first kappa shape index (κ1) is 15.8. The minimum Gasteiger partial charge on any atom is -0.397 e. The Bertz CT molecular complexity index is 552. The lowest BCUT2D eigenvalue weighted by molar-refractivity contribution is 0.0964. The molecule has 1 amide bonds. The molecule has 0 saturated heterocycles. The van der Waals surface area contributed by atoms with E-state index < -0.39 is 0 Å². The molecule has 0 aromatic carbocycles. The van der Waals surface area contributed by atoms with Gasteiger partial charge < -0.3 is 21.1 Å². The van der Waals surface area contributed by atoms with Crippen molar-refractivity contribution in [3.8, 4) is 0 Å². The lowest BCUT2D eigenvalue weighted by Crippen LogP contribution is -2.24. The molecule has 1 aromatic rings. The lowest BCUT2D eigenvalue weighted by Gasteiger charge is -2.13. The van der Waals surface area contributed by atoms with Crippen LogP contribution in [-0.2, 0) is 4.74 Å². The molecule has 1 aromatic heterocycles. The van der Waals surface area contributed by atoms with E-state index in [4.69, 9.17) is 10.5 Å². The van der Waals surface area contributed by atoms with Crippen LogP contribution in [-0.4, -0.2) is 38.5 Å². The Balaban J connectivity index is 2.34. The third kappa shape index (κ3) is 3.36. The van der Waals surface area contributed by atoms with Crippen molar-refractivity contribution in [3.05, 3.63) is 10.4 Å². The number of anilines is 2. The molecule has 116 valence electrons. The molecule has 0 spiro atoms. The van der Waals surface area contributed by atoms with E-state index in [1.807, 2.05) is 6.92 Å². The normalized spacial score (nSPS) is 15.6. The van der Waals surface area contributed by atoms with Gasteiger partial charge in [0.25, 0.3) is 5.91 Å². The molecule has 2 rings (SSSR count). The summed E-state index contributed by atoms with van der Waals surface area (Å²) in [6.07, 6.45) is 1.82. The van der Waals surface area contributed by atoms with Crippen LogP contribution in [0.15, 0.2) is 0 Å². The lowest BCUT2D eigenvalue weighted by atomic mass is 10.1. The SMILES string of the molecule is CNC(=O)c1c(NC(C)COC)sc(C(=O)C2CC2)c1N. The van der Waals surface area contributed by atoms with E-state index in [9.17, 15) is 9.59 Å². The molecule has 0 bridgehead atoms. The molecule has 4 N–H and O–H groups in total. The second kappa shape index (κ2) is 6.44. The topological polar surface area (TPSA) is 93.5 Å². The number of Topliss-reactive ketones (excluding diaryl/α,β-unsaturated/α-hetero) is 1. The molecule has 1 fully saturated rings.